The number of aliphatic hydroxyl groups excluding tert-OH is 1. The number of hydrogen-bond donors (Lipinski definition) is 1. The summed E-state index contributed by atoms with van der Waals surface area (Å²) >= 11 is 0. The van der Waals surface area contributed by atoms with Crippen molar-refractivity contribution >= 4 is 5.97 Å². The molecule has 0 aromatic carbocycles. The van der Waals surface area contributed by atoms with E-state index in [-0.39, 0.29) is 45.3 Å². The van der Waals surface area contributed by atoms with Crippen molar-refractivity contribution < 1.29 is 14.6 Å². The fourth-order valence-corrected chi connectivity index (χ4v) is 14.2. The Morgan fingerprint density at radius 2 is 1.27 bits per heavy atom. The van der Waals surface area contributed by atoms with Crippen LogP contribution in [0.15, 0.2) is 12.2 Å². The summed E-state index contributed by atoms with van der Waals surface area (Å²) in [6.45, 7) is 24.2. The fraction of sp³-hybridized carbons (Fsp3) is 0.935. The second-order valence-corrected chi connectivity index (χ2v) is 20.2. The number of aliphatic hydroxyl groups is 1. The van der Waals surface area contributed by atoms with Gasteiger partial charge in [-0.05, 0) is 122 Å². The van der Waals surface area contributed by atoms with E-state index >= 15 is 0 Å². The third-order valence-corrected chi connectivity index (χ3v) is 17.3. The Kier molecular flexibility index (Phi) is 12.6. The van der Waals surface area contributed by atoms with Gasteiger partial charge in [0.2, 0.25) is 0 Å². The van der Waals surface area contributed by atoms with Gasteiger partial charge in [-0.25, -0.2) is 0 Å². The van der Waals surface area contributed by atoms with E-state index < -0.39 is 0 Å². The topological polar surface area (TPSA) is 46.5 Å². The predicted molar refractivity (Wildman–Crippen MR) is 206 cm³/mol. The van der Waals surface area contributed by atoms with Crippen LogP contribution in [0.1, 0.15) is 203 Å². The highest BCUT2D eigenvalue weighted by Gasteiger charge is 2.72. The lowest BCUT2D eigenvalue weighted by molar-refractivity contribution is -0.262. The van der Waals surface area contributed by atoms with Gasteiger partial charge < -0.3 is 9.84 Å². The molecular formula is C46H80O3. The summed E-state index contributed by atoms with van der Waals surface area (Å²) in [6, 6.07) is 0. The molecule has 5 rings (SSSR count). The number of hydrogen-bond acceptors (Lipinski definition) is 3. The Hall–Kier alpha value is -0.830. The van der Waals surface area contributed by atoms with E-state index in [1.165, 1.54) is 108 Å². The second kappa shape index (κ2) is 15.6. The lowest BCUT2D eigenvalue weighted by Crippen LogP contribution is -2.68. The molecule has 3 heteroatoms. The molecule has 3 nitrogen and oxygen atoms in total. The van der Waals surface area contributed by atoms with Crippen molar-refractivity contribution in [2.24, 2.45) is 56.7 Å². The van der Waals surface area contributed by atoms with Gasteiger partial charge in [0.25, 0.3) is 0 Å². The molecule has 1 N–H and O–H groups in total. The number of carbonyl (C=O) groups is 1. The van der Waals surface area contributed by atoms with Crippen LogP contribution in [-0.4, -0.2) is 23.3 Å². The number of rotatable bonds is 16. The SMILES string of the molecule is C=C(C)C1CCC2(C)C(O)CC3(C)C(CCC4C5(C)CCC(OC(=O)CCCCCCCCCCCCCCC)C(C)(C)C5CCC43C)C12. The molecular weight excluding hydrogens is 601 g/mol. The van der Waals surface area contributed by atoms with Crippen LogP contribution in [-0.2, 0) is 9.53 Å². The maximum Gasteiger partial charge on any atom is 0.306 e. The Morgan fingerprint density at radius 3 is 1.86 bits per heavy atom. The van der Waals surface area contributed by atoms with Crippen molar-refractivity contribution in [3.8, 4) is 0 Å². The van der Waals surface area contributed by atoms with Gasteiger partial charge in [0.15, 0.2) is 0 Å². The molecule has 5 aliphatic carbocycles. The van der Waals surface area contributed by atoms with E-state index in [1.807, 2.05) is 0 Å². The van der Waals surface area contributed by atoms with Gasteiger partial charge in [-0.1, -0.05) is 138 Å². The lowest BCUT2D eigenvalue weighted by atomic mass is 9.32. The molecule has 11 atom stereocenters. The summed E-state index contributed by atoms with van der Waals surface area (Å²) in [4.78, 5) is 13.2. The molecule has 0 saturated heterocycles. The quantitative estimate of drug-likeness (QED) is 0.100. The highest BCUT2D eigenvalue weighted by Crippen LogP contribution is 2.77. The van der Waals surface area contributed by atoms with Crippen LogP contribution in [0.2, 0.25) is 0 Å². The van der Waals surface area contributed by atoms with Crippen LogP contribution in [0, 0.1) is 56.7 Å². The van der Waals surface area contributed by atoms with Crippen molar-refractivity contribution in [1.29, 1.82) is 0 Å². The molecule has 0 radical (unpaired) electrons. The highest BCUT2D eigenvalue weighted by molar-refractivity contribution is 5.69. The smallest absolute Gasteiger partial charge is 0.306 e. The molecule has 11 unspecified atom stereocenters. The summed E-state index contributed by atoms with van der Waals surface area (Å²) in [5.41, 5.74) is 1.98. The highest BCUT2D eigenvalue weighted by atomic mass is 16.5. The minimum absolute atomic E-state index is 0.0150. The summed E-state index contributed by atoms with van der Waals surface area (Å²) in [5.74, 6) is 3.05. The van der Waals surface area contributed by atoms with Crippen molar-refractivity contribution in [2.75, 3.05) is 0 Å². The Morgan fingerprint density at radius 1 is 0.694 bits per heavy atom. The number of carbonyl (C=O) groups excluding carboxylic acids is 1. The first-order chi connectivity index (χ1) is 23.2. The van der Waals surface area contributed by atoms with Gasteiger partial charge in [-0.2, -0.15) is 0 Å². The Labute approximate surface area is 304 Å². The van der Waals surface area contributed by atoms with Gasteiger partial charge in [-0.15, -0.1) is 0 Å². The van der Waals surface area contributed by atoms with Gasteiger partial charge >= 0.3 is 5.97 Å². The van der Waals surface area contributed by atoms with E-state index in [0.717, 1.165) is 38.5 Å². The first-order valence-electron chi connectivity index (χ1n) is 21.7. The number of esters is 1. The molecule has 0 aliphatic heterocycles. The van der Waals surface area contributed by atoms with Crippen LogP contribution in [0.4, 0.5) is 0 Å². The number of allylic oxidation sites excluding steroid dienone is 1. The first kappa shape index (κ1) is 39.4. The van der Waals surface area contributed by atoms with Gasteiger partial charge in [-0.3, -0.25) is 4.79 Å². The summed E-state index contributed by atoms with van der Waals surface area (Å²) in [7, 11) is 0. The molecule has 0 aromatic heterocycles. The second-order valence-electron chi connectivity index (χ2n) is 20.2. The molecule has 0 amide bonds. The molecule has 5 aliphatic rings. The minimum atomic E-state index is -0.217. The Balaban J connectivity index is 1.13. The maximum atomic E-state index is 13.2. The zero-order valence-corrected chi connectivity index (χ0v) is 33.8. The average Bonchev–Trinajstić information content (AvgIpc) is 3.40. The third kappa shape index (κ3) is 7.26. The maximum absolute atomic E-state index is 13.2. The average molecular weight is 681 g/mol. The summed E-state index contributed by atoms with van der Waals surface area (Å²) in [6.07, 6.45) is 28.2. The van der Waals surface area contributed by atoms with Crippen LogP contribution < -0.4 is 0 Å². The summed E-state index contributed by atoms with van der Waals surface area (Å²) in [5, 5.41) is 11.9. The van der Waals surface area contributed by atoms with E-state index in [4.69, 9.17) is 4.74 Å². The zero-order valence-electron chi connectivity index (χ0n) is 33.8. The molecule has 0 heterocycles. The molecule has 49 heavy (non-hydrogen) atoms. The fourth-order valence-electron chi connectivity index (χ4n) is 14.2. The van der Waals surface area contributed by atoms with E-state index in [1.54, 1.807) is 0 Å². The van der Waals surface area contributed by atoms with Crippen LogP contribution in [0.25, 0.3) is 0 Å². The van der Waals surface area contributed by atoms with Gasteiger partial charge in [0.05, 0.1) is 6.10 Å². The van der Waals surface area contributed by atoms with E-state index in [0.29, 0.717) is 36.0 Å². The third-order valence-electron chi connectivity index (χ3n) is 17.3. The van der Waals surface area contributed by atoms with Crippen LogP contribution in [0.5, 0.6) is 0 Å². The van der Waals surface area contributed by atoms with Crippen LogP contribution >= 0.6 is 0 Å². The predicted octanol–water partition coefficient (Wildman–Crippen LogP) is 13.0. The number of unbranched alkanes of at least 4 members (excludes halogenated alkanes) is 12. The van der Waals surface area contributed by atoms with Crippen LogP contribution in [0.3, 0.4) is 0 Å². The first-order valence-corrected chi connectivity index (χ1v) is 21.7. The number of ether oxygens (including phenoxy) is 1. The zero-order chi connectivity index (χ0) is 35.7. The van der Waals surface area contributed by atoms with Gasteiger partial charge in [0.1, 0.15) is 6.10 Å². The normalized spacial score (nSPS) is 42.4. The minimum Gasteiger partial charge on any atom is -0.462 e. The molecule has 5 fully saturated rings. The van der Waals surface area contributed by atoms with Crippen molar-refractivity contribution in [2.45, 2.75) is 215 Å². The molecule has 0 spiro atoms. The molecule has 0 bridgehead atoms. The van der Waals surface area contributed by atoms with Crippen molar-refractivity contribution in [3.63, 3.8) is 0 Å². The number of fused-ring (bicyclic) bond motifs is 7. The monoisotopic (exact) mass is 681 g/mol. The van der Waals surface area contributed by atoms with Gasteiger partial charge in [0, 0.05) is 11.8 Å². The largest absolute Gasteiger partial charge is 0.462 e. The van der Waals surface area contributed by atoms with Crippen molar-refractivity contribution in [3.05, 3.63) is 12.2 Å². The lowest BCUT2D eigenvalue weighted by Gasteiger charge is -2.73. The molecule has 5 saturated carbocycles. The summed E-state index contributed by atoms with van der Waals surface area (Å²) < 4.78 is 6.40. The van der Waals surface area contributed by atoms with E-state index in [2.05, 4.69) is 62.0 Å². The van der Waals surface area contributed by atoms with Crippen molar-refractivity contribution in [1.82, 2.24) is 0 Å². The van der Waals surface area contributed by atoms with E-state index in [9.17, 15) is 9.90 Å². The standard InChI is InChI=1S/C46H80O3/c1-10-11-12-13-14-15-16-17-18-19-20-21-22-23-40(48)49-39-28-30-43(6)36(42(39,4)5)27-31-45(8)37(43)25-24-35-41-34(33(2)3)26-29-44(41,7)38(47)32-46(35,45)9/h34-39,41,47H,2,10-32H2,1,3-9H3. The molecule has 0 aromatic rings. The molecule has 282 valence electrons. The Bertz CT molecular complexity index is 1130.